The molecule has 0 spiro atoms. The minimum Gasteiger partial charge on any atom is -0.313 e. The summed E-state index contributed by atoms with van der Waals surface area (Å²) in [6, 6.07) is 5.66. The molecule has 1 aliphatic rings. The third kappa shape index (κ3) is 4.09. The lowest BCUT2D eigenvalue weighted by Crippen LogP contribution is -2.35. The monoisotopic (exact) mass is 302 g/mol. The van der Waals surface area contributed by atoms with E-state index in [1.54, 1.807) is 25.1 Å². The summed E-state index contributed by atoms with van der Waals surface area (Å²) in [5.41, 5.74) is 1.43. The summed E-state index contributed by atoms with van der Waals surface area (Å²) >= 11 is 5.99. The van der Waals surface area contributed by atoms with E-state index in [4.69, 9.17) is 11.6 Å². The van der Waals surface area contributed by atoms with Gasteiger partial charge in [0.25, 0.3) is 0 Å². The van der Waals surface area contributed by atoms with E-state index in [1.807, 2.05) is 6.92 Å². The molecule has 0 aliphatic heterocycles. The summed E-state index contributed by atoms with van der Waals surface area (Å²) in [7, 11) is -3.38. The van der Waals surface area contributed by atoms with Crippen molar-refractivity contribution in [2.75, 3.05) is 11.3 Å². The standard InChI is InChI=1S/C13H19ClN2O2S/c1-9-3-4-12(7-13(9)14)16-19(17,18)10(2)8-15-11-5-6-11/h3-4,7,10-11,15-16H,5-6,8H2,1-2H3. The molecular weight excluding hydrogens is 284 g/mol. The summed E-state index contributed by atoms with van der Waals surface area (Å²) < 4.78 is 26.8. The Morgan fingerprint density at radius 1 is 1.42 bits per heavy atom. The van der Waals surface area contributed by atoms with Crippen LogP contribution < -0.4 is 10.0 Å². The van der Waals surface area contributed by atoms with Crippen LogP contribution in [0.25, 0.3) is 0 Å². The van der Waals surface area contributed by atoms with Crippen LogP contribution in [0.5, 0.6) is 0 Å². The van der Waals surface area contributed by atoms with Crippen LogP contribution in [0.1, 0.15) is 25.3 Å². The first-order valence-electron chi connectivity index (χ1n) is 6.39. The topological polar surface area (TPSA) is 58.2 Å². The molecule has 106 valence electrons. The third-order valence-electron chi connectivity index (χ3n) is 3.23. The Bertz CT molecular complexity index is 556. The number of hydrogen-bond acceptors (Lipinski definition) is 3. The zero-order valence-corrected chi connectivity index (χ0v) is 12.7. The molecule has 0 bridgehead atoms. The van der Waals surface area contributed by atoms with Crippen LogP contribution in [0.2, 0.25) is 5.02 Å². The van der Waals surface area contributed by atoms with E-state index < -0.39 is 15.3 Å². The van der Waals surface area contributed by atoms with E-state index in [0.29, 0.717) is 23.3 Å². The van der Waals surface area contributed by atoms with Crippen LogP contribution in [0, 0.1) is 6.92 Å². The van der Waals surface area contributed by atoms with Gasteiger partial charge in [-0.3, -0.25) is 4.72 Å². The van der Waals surface area contributed by atoms with Crippen LogP contribution in [-0.2, 0) is 10.0 Å². The smallest absolute Gasteiger partial charge is 0.236 e. The zero-order chi connectivity index (χ0) is 14.0. The number of aryl methyl sites for hydroxylation is 1. The fraction of sp³-hybridized carbons (Fsp3) is 0.538. The Morgan fingerprint density at radius 3 is 2.68 bits per heavy atom. The van der Waals surface area contributed by atoms with E-state index >= 15 is 0 Å². The lowest BCUT2D eigenvalue weighted by Gasteiger charge is -2.15. The fourth-order valence-corrected chi connectivity index (χ4v) is 2.80. The molecule has 6 heteroatoms. The molecule has 1 aromatic rings. The largest absolute Gasteiger partial charge is 0.313 e. The molecule has 4 nitrogen and oxygen atoms in total. The van der Waals surface area contributed by atoms with Gasteiger partial charge in [-0.25, -0.2) is 8.42 Å². The maximum absolute atomic E-state index is 12.1. The number of benzene rings is 1. The first kappa shape index (κ1) is 14.6. The molecule has 1 fully saturated rings. The van der Waals surface area contributed by atoms with Crippen molar-refractivity contribution in [3.05, 3.63) is 28.8 Å². The molecule has 2 N–H and O–H groups in total. The Hall–Kier alpha value is -0.780. The maximum Gasteiger partial charge on any atom is 0.236 e. The maximum atomic E-state index is 12.1. The zero-order valence-electron chi connectivity index (χ0n) is 11.1. The van der Waals surface area contributed by atoms with Crippen LogP contribution in [0.3, 0.4) is 0 Å². The number of nitrogens with one attached hydrogen (secondary N) is 2. The highest BCUT2D eigenvalue weighted by Gasteiger charge is 2.25. The Kier molecular flexibility index (Phi) is 4.38. The molecule has 1 unspecified atom stereocenters. The molecule has 1 aliphatic carbocycles. The van der Waals surface area contributed by atoms with Crippen molar-refractivity contribution < 1.29 is 8.42 Å². The van der Waals surface area contributed by atoms with Gasteiger partial charge in [0.2, 0.25) is 10.0 Å². The second-order valence-electron chi connectivity index (χ2n) is 5.10. The molecule has 0 amide bonds. The summed E-state index contributed by atoms with van der Waals surface area (Å²) in [6.07, 6.45) is 2.29. The number of rotatable bonds is 6. The SMILES string of the molecule is Cc1ccc(NS(=O)(=O)C(C)CNC2CC2)cc1Cl. The summed E-state index contributed by atoms with van der Waals surface area (Å²) in [5, 5.41) is 3.30. The molecule has 1 aromatic carbocycles. The summed E-state index contributed by atoms with van der Waals surface area (Å²) in [6.45, 7) is 4.05. The van der Waals surface area contributed by atoms with Gasteiger partial charge < -0.3 is 5.32 Å². The number of anilines is 1. The van der Waals surface area contributed by atoms with Gasteiger partial charge in [0, 0.05) is 23.3 Å². The van der Waals surface area contributed by atoms with Crippen molar-refractivity contribution in [3.63, 3.8) is 0 Å². The van der Waals surface area contributed by atoms with Gasteiger partial charge in [-0.05, 0) is 44.4 Å². The van der Waals surface area contributed by atoms with Crippen molar-refractivity contribution in [3.8, 4) is 0 Å². The second-order valence-corrected chi connectivity index (χ2v) is 7.61. The molecule has 1 atom stereocenters. The highest BCUT2D eigenvalue weighted by Crippen LogP contribution is 2.22. The van der Waals surface area contributed by atoms with Gasteiger partial charge in [-0.2, -0.15) is 0 Å². The molecule has 0 radical (unpaired) electrons. The van der Waals surface area contributed by atoms with Gasteiger partial charge in [-0.1, -0.05) is 17.7 Å². The first-order chi connectivity index (χ1) is 8.88. The van der Waals surface area contributed by atoms with Crippen LogP contribution >= 0.6 is 11.6 Å². The van der Waals surface area contributed by atoms with E-state index in [1.165, 1.54) is 0 Å². The molecular formula is C13H19ClN2O2S. The Labute approximate surface area is 119 Å². The lowest BCUT2D eigenvalue weighted by molar-refractivity contribution is 0.576. The molecule has 1 saturated carbocycles. The van der Waals surface area contributed by atoms with Crippen LogP contribution in [-0.4, -0.2) is 26.3 Å². The highest BCUT2D eigenvalue weighted by molar-refractivity contribution is 7.93. The predicted octanol–water partition coefficient (Wildman–Crippen LogP) is 2.53. The number of halogens is 1. The van der Waals surface area contributed by atoms with E-state index in [-0.39, 0.29) is 0 Å². The third-order valence-corrected chi connectivity index (χ3v) is 5.39. The summed E-state index contributed by atoms with van der Waals surface area (Å²) in [5.74, 6) is 0. The second kappa shape index (κ2) is 5.69. The van der Waals surface area contributed by atoms with E-state index in [0.717, 1.165) is 18.4 Å². The van der Waals surface area contributed by atoms with Crippen molar-refractivity contribution >= 4 is 27.3 Å². The minimum atomic E-state index is -3.38. The van der Waals surface area contributed by atoms with Gasteiger partial charge in [0.05, 0.1) is 5.25 Å². The molecule has 0 heterocycles. The molecule has 0 saturated heterocycles. The molecule has 0 aromatic heterocycles. The van der Waals surface area contributed by atoms with Crippen molar-refractivity contribution in [2.45, 2.75) is 38.0 Å². The minimum absolute atomic E-state index is 0.472. The van der Waals surface area contributed by atoms with E-state index in [2.05, 4.69) is 10.0 Å². The lowest BCUT2D eigenvalue weighted by atomic mass is 10.2. The number of sulfonamides is 1. The van der Waals surface area contributed by atoms with Gasteiger partial charge in [-0.15, -0.1) is 0 Å². The van der Waals surface area contributed by atoms with Gasteiger partial charge >= 0.3 is 0 Å². The molecule has 19 heavy (non-hydrogen) atoms. The van der Waals surface area contributed by atoms with Gasteiger partial charge in [0.15, 0.2) is 0 Å². The Morgan fingerprint density at radius 2 is 2.11 bits per heavy atom. The van der Waals surface area contributed by atoms with Crippen LogP contribution in [0.4, 0.5) is 5.69 Å². The quantitative estimate of drug-likeness (QED) is 0.849. The fourth-order valence-electron chi connectivity index (χ4n) is 1.65. The summed E-state index contributed by atoms with van der Waals surface area (Å²) in [4.78, 5) is 0. The van der Waals surface area contributed by atoms with Crippen molar-refractivity contribution in [1.29, 1.82) is 0 Å². The highest BCUT2D eigenvalue weighted by atomic mass is 35.5. The normalized spacial score (nSPS) is 17.2. The van der Waals surface area contributed by atoms with Crippen molar-refractivity contribution in [2.24, 2.45) is 0 Å². The average Bonchev–Trinajstić information content (AvgIpc) is 3.14. The number of hydrogen-bond donors (Lipinski definition) is 2. The Balaban J connectivity index is 2.00. The molecule has 2 rings (SSSR count). The van der Waals surface area contributed by atoms with Gasteiger partial charge in [0.1, 0.15) is 0 Å². The van der Waals surface area contributed by atoms with E-state index in [9.17, 15) is 8.42 Å². The average molecular weight is 303 g/mol. The van der Waals surface area contributed by atoms with Crippen LogP contribution in [0.15, 0.2) is 18.2 Å². The van der Waals surface area contributed by atoms with Crippen molar-refractivity contribution in [1.82, 2.24) is 5.32 Å². The first-order valence-corrected chi connectivity index (χ1v) is 8.32. The predicted molar refractivity (Wildman–Crippen MR) is 79.2 cm³/mol.